The van der Waals surface area contributed by atoms with Crippen LogP contribution in [0, 0.1) is 6.92 Å². The first kappa shape index (κ1) is 19.5. The van der Waals surface area contributed by atoms with E-state index in [4.69, 9.17) is 4.98 Å². The summed E-state index contributed by atoms with van der Waals surface area (Å²) in [6, 6.07) is 15.0. The molecule has 2 aromatic heterocycles. The van der Waals surface area contributed by atoms with Crippen molar-refractivity contribution in [1.82, 2.24) is 9.97 Å². The normalized spacial score (nSPS) is 14.1. The Labute approximate surface area is 177 Å². The minimum absolute atomic E-state index is 0.381. The quantitative estimate of drug-likeness (QED) is 0.436. The summed E-state index contributed by atoms with van der Waals surface area (Å²) < 4.78 is 38.6. The van der Waals surface area contributed by atoms with Crippen LogP contribution >= 0.6 is 0 Å². The number of alkyl halides is 3. The average Bonchev–Trinajstić information content (AvgIpc) is 3.60. The Morgan fingerprint density at radius 1 is 1.03 bits per heavy atom. The Morgan fingerprint density at radius 3 is 2.52 bits per heavy atom. The number of hydrogen-bond donors (Lipinski definition) is 1. The van der Waals surface area contributed by atoms with E-state index < -0.39 is 11.7 Å². The lowest BCUT2D eigenvalue weighted by Gasteiger charge is -2.10. The van der Waals surface area contributed by atoms with E-state index in [1.54, 1.807) is 6.20 Å². The molecule has 2 aromatic carbocycles. The predicted octanol–water partition coefficient (Wildman–Crippen LogP) is 6.06. The van der Waals surface area contributed by atoms with Crippen LogP contribution in [-0.4, -0.2) is 9.97 Å². The molecule has 5 rings (SSSR count). The van der Waals surface area contributed by atoms with Gasteiger partial charge in [-0.15, -0.1) is 4.98 Å². The number of halogens is 3. The fourth-order valence-electron chi connectivity index (χ4n) is 3.63. The zero-order valence-corrected chi connectivity index (χ0v) is 16.8. The first-order valence-electron chi connectivity index (χ1n) is 10.1. The van der Waals surface area contributed by atoms with Crippen LogP contribution < -0.4 is 10.3 Å². The highest BCUT2D eigenvalue weighted by molar-refractivity contribution is 5.84. The van der Waals surface area contributed by atoms with E-state index in [0.29, 0.717) is 11.6 Å². The zero-order chi connectivity index (χ0) is 21.6. The van der Waals surface area contributed by atoms with Crippen molar-refractivity contribution in [3.05, 3.63) is 77.7 Å². The minimum atomic E-state index is -4.35. The molecule has 0 saturated heterocycles. The minimum Gasteiger partial charge on any atom is -0.273 e. The van der Waals surface area contributed by atoms with E-state index >= 15 is 0 Å². The van der Waals surface area contributed by atoms with Gasteiger partial charge in [0.25, 0.3) is 0 Å². The van der Waals surface area contributed by atoms with E-state index in [0.717, 1.165) is 64.3 Å². The number of aromatic nitrogens is 3. The number of nitrogens with one attached hydrogen (secondary N) is 2. The van der Waals surface area contributed by atoms with Gasteiger partial charge < -0.3 is 0 Å². The molecule has 0 bridgehead atoms. The van der Waals surface area contributed by atoms with Crippen LogP contribution in [0.3, 0.4) is 0 Å². The second-order valence-corrected chi connectivity index (χ2v) is 7.86. The van der Waals surface area contributed by atoms with E-state index in [9.17, 15) is 13.2 Å². The van der Waals surface area contributed by atoms with E-state index in [1.165, 1.54) is 12.1 Å². The van der Waals surface area contributed by atoms with Gasteiger partial charge >= 0.3 is 6.18 Å². The lowest BCUT2D eigenvalue weighted by Crippen LogP contribution is -2.20. The lowest BCUT2D eigenvalue weighted by atomic mass is 10.0. The second kappa shape index (κ2) is 7.34. The van der Waals surface area contributed by atoms with E-state index in [1.807, 2.05) is 37.3 Å². The molecule has 1 saturated carbocycles. The fraction of sp³-hybridized carbons (Fsp3) is 0.208. The summed E-state index contributed by atoms with van der Waals surface area (Å²) in [6.45, 7) is 1.95. The van der Waals surface area contributed by atoms with Gasteiger partial charge in [-0.25, -0.2) is 4.98 Å². The Kier molecular flexibility index (Phi) is 4.61. The molecule has 2 heterocycles. The van der Waals surface area contributed by atoms with Gasteiger partial charge in [-0.05, 0) is 56.2 Å². The van der Waals surface area contributed by atoms with Gasteiger partial charge in [0.2, 0.25) is 11.6 Å². The topological polar surface area (TPSA) is 52.0 Å². The van der Waals surface area contributed by atoms with Crippen molar-refractivity contribution in [2.45, 2.75) is 31.9 Å². The number of benzene rings is 2. The van der Waals surface area contributed by atoms with Crippen LogP contribution in [0.25, 0.3) is 22.2 Å². The Morgan fingerprint density at radius 2 is 1.81 bits per heavy atom. The third-order valence-corrected chi connectivity index (χ3v) is 5.54. The number of fused-ring (bicyclic) bond motifs is 1. The summed E-state index contributed by atoms with van der Waals surface area (Å²) in [5.41, 5.74) is 3.47. The maximum Gasteiger partial charge on any atom is 0.416 e. The van der Waals surface area contributed by atoms with Crippen molar-refractivity contribution in [2.75, 3.05) is 5.32 Å². The van der Waals surface area contributed by atoms with Gasteiger partial charge in [-0.1, -0.05) is 18.2 Å². The van der Waals surface area contributed by atoms with Crippen molar-refractivity contribution >= 4 is 22.4 Å². The highest BCUT2D eigenvalue weighted by Crippen LogP contribution is 2.39. The molecule has 7 heteroatoms. The van der Waals surface area contributed by atoms with Crippen molar-refractivity contribution in [1.29, 1.82) is 0 Å². The number of rotatable bonds is 4. The first-order chi connectivity index (χ1) is 14.9. The van der Waals surface area contributed by atoms with Gasteiger partial charge in [-0.3, -0.25) is 10.3 Å². The molecule has 0 amide bonds. The number of hydrogen-bond acceptors (Lipinski definition) is 3. The molecule has 1 aliphatic carbocycles. The molecular formula is C24H20F3N4+. The average molecular weight is 421 g/mol. The number of aromatic amines is 1. The maximum absolute atomic E-state index is 12.9. The SMILES string of the molecule is Cc1c(-c2ccc3cccnc3c2)nc(C2CC2)[nH+]c1Nc1ccc(C(F)(F)F)cc1. The largest absolute Gasteiger partial charge is 0.416 e. The molecule has 0 unspecified atom stereocenters. The predicted molar refractivity (Wildman–Crippen MR) is 113 cm³/mol. The zero-order valence-electron chi connectivity index (χ0n) is 16.8. The number of nitrogens with zero attached hydrogens (tertiary/aromatic N) is 2. The van der Waals surface area contributed by atoms with Crippen LogP contribution in [0.2, 0.25) is 0 Å². The molecule has 0 radical (unpaired) electrons. The van der Waals surface area contributed by atoms with Crippen molar-refractivity contribution in [2.24, 2.45) is 0 Å². The Balaban J connectivity index is 1.55. The van der Waals surface area contributed by atoms with E-state index in [2.05, 4.69) is 15.3 Å². The van der Waals surface area contributed by atoms with Crippen LogP contribution in [0.1, 0.15) is 35.7 Å². The summed E-state index contributed by atoms with van der Waals surface area (Å²) in [6.07, 6.45) is -0.442. The molecule has 0 spiro atoms. The molecule has 0 atom stereocenters. The van der Waals surface area contributed by atoms with Gasteiger partial charge in [0, 0.05) is 23.1 Å². The van der Waals surface area contributed by atoms with Crippen LogP contribution in [0.5, 0.6) is 0 Å². The molecule has 1 aliphatic rings. The van der Waals surface area contributed by atoms with E-state index in [-0.39, 0.29) is 0 Å². The van der Waals surface area contributed by atoms with Gasteiger partial charge in [0.1, 0.15) is 0 Å². The molecule has 2 N–H and O–H groups in total. The second-order valence-electron chi connectivity index (χ2n) is 7.86. The Hall–Kier alpha value is -3.48. The molecule has 1 fully saturated rings. The molecule has 0 aliphatic heterocycles. The Bertz CT molecular complexity index is 1260. The van der Waals surface area contributed by atoms with Gasteiger partial charge in [0.05, 0.1) is 22.3 Å². The molecular weight excluding hydrogens is 401 g/mol. The molecule has 31 heavy (non-hydrogen) atoms. The van der Waals surface area contributed by atoms with Crippen LogP contribution in [-0.2, 0) is 6.18 Å². The van der Waals surface area contributed by atoms with Crippen LogP contribution in [0.15, 0.2) is 60.8 Å². The van der Waals surface area contributed by atoms with Crippen molar-refractivity contribution < 1.29 is 18.2 Å². The monoisotopic (exact) mass is 421 g/mol. The highest BCUT2D eigenvalue weighted by Gasteiger charge is 2.33. The molecule has 4 nitrogen and oxygen atoms in total. The summed E-state index contributed by atoms with van der Waals surface area (Å²) in [5, 5.41) is 4.30. The number of H-pyrrole nitrogens is 1. The summed E-state index contributed by atoms with van der Waals surface area (Å²) in [4.78, 5) is 12.7. The van der Waals surface area contributed by atoms with Gasteiger partial charge in [0.15, 0.2) is 5.69 Å². The molecule has 156 valence electrons. The number of anilines is 2. The van der Waals surface area contributed by atoms with Gasteiger partial charge in [-0.2, -0.15) is 13.2 Å². The van der Waals surface area contributed by atoms with Crippen molar-refractivity contribution in [3.63, 3.8) is 0 Å². The third-order valence-electron chi connectivity index (χ3n) is 5.54. The lowest BCUT2D eigenvalue weighted by molar-refractivity contribution is -0.379. The summed E-state index contributed by atoms with van der Waals surface area (Å²) in [5.74, 6) is 2.00. The highest BCUT2D eigenvalue weighted by atomic mass is 19.4. The van der Waals surface area contributed by atoms with Crippen LogP contribution in [0.4, 0.5) is 24.7 Å². The summed E-state index contributed by atoms with van der Waals surface area (Å²) in [7, 11) is 0. The standard InChI is InChI=1S/C24H19F3N4/c1-14-21(17-7-4-15-3-2-12-28-20(15)13-17)30-23(16-5-6-16)31-22(14)29-19-10-8-18(9-11-19)24(25,26)27/h2-4,7-13,16H,5-6H2,1H3,(H,29,30,31)/p+1. The third kappa shape index (κ3) is 3.95. The number of pyridine rings is 1. The fourth-order valence-corrected chi connectivity index (χ4v) is 3.63. The maximum atomic E-state index is 12.9. The first-order valence-corrected chi connectivity index (χ1v) is 10.1. The van der Waals surface area contributed by atoms with Crippen molar-refractivity contribution in [3.8, 4) is 11.3 Å². The summed E-state index contributed by atoms with van der Waals surface area (Å²) >= 11 is 0. The smallest absolute Gasteiger partial charge is 0.273 e. The molecule has 4 aromatic rings.